The summed E-state index contributed by atoms with van der Waals surface area (Å²) in [6.07, 6.45) is 9.79. The third-order valence-corrected chi connectivity index (χ3v) is 9.15. The number of carbonyl (C=O) groups is 1. The van der Waals surface area contributed by atoms with Crippen LogP contribution in [0.4, 0.5) is 16.4 Å². The molecule has 1 aliphatic heterocycles. The van der Waals surface area contributed by atoms with Crippen molar-refractivity contribution in [3.05, 3.63) is 29.8 Å². The molecule has 4 heterocycles. The summed E-state index contributed by atoms with van der Waals surface area (Å²) >= 11 is 0. The highest BCUT2D eigenvalue weighted by molar-refractivity contribution is 6.76. The molecule has 218 valence electrons. The molecule has 40 heavy (non-hydrogen) atoms. The van der Waals surface area contributed by atoms with Crippen LogP contribution in [-0.2, 0) is 29.7 Å². The molecule has 1 atom stereocenters. The van der Waals surface area contributed by atoms with E-state index >= 15 is 0 Å². The van der Waals surface area contributed by atoms with Crippen molar-refractivity contribution in [3.63, 3.8) is 0 Å². The predicted molar refractivity (Wildman–Crippen MR) is 160 cm³/mol. The lowest BCUT2D eigenvalue weighted by molar-refractivity contribution is 0.0288. The summed E-state index contributed by atoms with van der Waals surface area (Å²) in [4.78, 5) is 24.6. The lowest BCUT2D eigenvalue weighted by Gasteiger charge is -2.24. The molecule has 2 aliphatic rings. The van der Waals surface area contributed by atoms with Gasteiger partial charge in [0, 0.05) is 52.6 Å². The first-order chi connectivity index (χ1) is 18.8. The molecule has 5 rings (SSSR count). The summed E-state index contributed by atoms with van der Waals surface area (Å²) in [7, 11) is 0.717. The summed E-state index contributed by atoms with van der Waals surface area (Å²) in [5, 5.41) is 8.80. The first-order valence-electron chi connectivity index (χ1n) is 14.6. The number of ether oxygens (including phenoxy) is 2. The molecule has 1 amide bonds. The number of hydrogen-bond acceptors (Lipinski definition) is 7. The van der Waals surface area contributed by atoms with Crippen LogP contribution in [0.2, 0.25) is 25.7 Å². The standard InChI is InChI=1S/C29H45N7O3Si/c1-29(2,3)39-28(37)35-11-10-20(16-35)14-24-25-23(21-8-9-21)18-36(19-38-12-13-40(5,6)7)26(25)33-27(32-24)31-22-15-30-34(4)17-22/h15,17-18,20-21H,8-14,16,19H2,1-7H3,(H,31,32,33)/t20-/m1/s1. The van der Waals surface area contributed by atoms with E-state index in [-0.39, 0.29) is 6.09 Å². The Morgan fingerprint density at radius 3 is 2.58 bits per heavy atom. The van der Waals surface area contributed by atoms with Crippen LogP contribution in [0.1, 0.15) is 57.2 Å². The second-order valence-electron chi connectivity index (χ2n) is 13.7. The Labute approximate surface area is 238 Å². The monoisotopic (exact) mass is 567 g/mol. The summed E-state index contributed by atoms with van der Waals surface area (Å²) in [5.41, 5.74) is 3.62. The van der Waals surface area contributed by atoms with Crippen molar-refractivity contribution in [1.29, 1.82) is 0 Å². The summed E-state index contributed by atoms with van der Waals surface area (Å²) < 4.78 is 15.7. The van der Waals surface area contributed by atoms with Crippen molar-refractivity contribution >= 4 is 36.8 Å². The summed E-state index contributed by atoms with van der Waals surface area (Å²) in [6, 6.07) is 1.13. The van der Waals surface area contributed by atoms with Crippen molar-refractivity contribution in [3.8, 4) is 0 Å². The number of aryl methyl sites for hydroxylation is 1. The minimum Gasteiger partial charge on any atom is -0.444 e. The van der Waals surface area contributed by atoms with E-state index in [0.29, 0.717) is 37.6 Å². The zero-order valence-electron chi connectivity index (χ0n) is 25.2. The highest BCUT2D eigenvalue weighted by Gasteiger charge is 2.33. The zero-order valence-corrected chi connectivity index (χ0v) is 26.2. The molecule has 0 aromatic carbocycles. The van der Waals surface area contributed by atoms with Gasteiger partial charge in [0.05, 0.1) is 17.6 Å². The summed E-state index contributed by atoms with van der Waals surface area (Å²) in [5.74, 6) is 1.41. The maximum absolute atomic E-state index is 12.7. The minimum atomic E-state index is -1.17. The Hall–Kier alpha value is -2.92. The lowest BCUT2D eigenvalue weighted by Crippen LogP contribution is -2.35. The molecule has 0 spiro atoms. The Balaban J connectivity index is 1.43. The largest absolute Gasteiger partial charge is 0.444 e. The van der Waals surface area contributed by atoms with Gasteiger partial charge in [0.15, 0.2) is 0 Å². The number of carbonyl (C=O) groups excluding carboxylic acids is 1. The van der Waals surface area contributed by atoms with E-state index < -0.39 is 13.7 Å². The van der Waals surface area contributed by atoms with Crippen LogP contribution in [-0.4, -0.2) is 68.7 Å². The topological polar surface area (TPSA) is 99.3 Å². The smallest absolute Gasteiger partial charge is 0.410 e. The van der Waals surface area contributed by atoms with Crippen molar-refractivity contribution < 1.29 is 14.3 Å². The fourth-order valence-electron chi connectivity index (χ4n) is 5.22. The van der Waals surface area contributed by atoms with Crippen molar-refractivity contribution in [2.75, 3.05) is 25.0 Å². The van der Waals surface area contributed by atoms with Crippen molar-refractivity contribution in [2.24, 2.45) is 13.0 Å². The quantitative estimate of drug-likeness (QED) is 0.241. The average Bonchev–Trinajstić information content (AvgIpc) is 3.25. The van der Waals surface area contributed by atoms with Gasteiger partial charge in [0.25, 0.3) is 0 Å². The van der Waals surface area contributed by atoms with Crippen LogP contribution in [0.5, 0.6) is 0 Å². The molecular formula is C29H45N7O3Si. The Kier molecular flexibility index (Phi) is 7.98. The number of rotatable bonds is 10. The second-order valence-corrected chi connectivity index (χ2v) is 19.3. The zero-order chi connectivity index (χ0) is 28.7. The van der Waals surface area contributed by atoms with Crippen molar-refractivity contribution in [2.45, 2.75) is 90.4 Å². The Morgan fingerprint density at radius 1 is 1.15 bits per heavy atom. The fraction of sp³-hybridized carbons (Fsp3) is 0.655. The molecule has 2 fully saturated rings. The summed E-state index contributed by atoms with van der Waals surface area (Å²) in [6.45, 7) is 15.5. The molecule has 1 saturated carbocycles. The molecule has 3 aromatic heterocycles. The van der Waals surface area contributed by atoms with Gasteiger partial charge < -0.3 is 24.3 Å². The normalized spacial score (nSPS) is 18.1. The minimum absolute atomic E-state index is 0.234. The van der Waals surface area contributed by atoms with Gasteiger partial charge in [-0.3, -0.25) is 4.68 Å². The fourth-order valence-corrected chi connectivity index (χ4v) is 5.97. The van der Waals surface area contributed by atoms with E-state index in [1.807, 2.05) is 38.9 Å². The maximum atomic E-state index is 12.7. The SMILES string of the molecule is Cn1cc(Nc2nc(C[C@H]3CCN(C(=O)OC(C)(C)C)C3)c3c(C4CC4)cn(COCC[Si](C)(C)C)c3n2)cn1. The van der Waals surface area contributed by atoms with Gasteiger partial charge in [-0.2, -0.15) is 10.1 Å². The number of hydrogen-bond donors (Lipinski definition) is 1. The van der Waals surface area contributed by atoms with Crippen LogP contribution in [0.3, 0.4) is 0 Å². The van der Waals surface area contributed by atoms with Gasteiger partial charge >= 0.3 is 6.09 Å². The van der Waals surface area contributed by atoms with Gasteiger partial charge in [-0.15, -0.1) is 0 Å². The molecule has 1 aliphatic carbocycles. The van der Waals surface area contributed by atoms with Crippen LogP contribution >= 0.6 is 0 Å². The molecule has 0 bridgehead atoms. The molecule has 11 heteroatoms. The molecule has 0 radical (unpaired) electrons. The highest BCUT2D eigenvalue weighted by Crippen LogP contribution is 2.45. The van der Waals surface area contributed by atoms with Crippen LogP contribution in [0.25, 0.3) is 11.0 Å². The van der Waals surface area contributed by atoms with E-state index in [2.05, 4.69) is 40.8 Å². The van der Waals surface area contributed by atoms with Crippen LogP contribution in [0, 0.1) is 5.92 Å². The number of nitrogens with one attached hydrogen (secondary N) is 1. The average molecular weight is 568 g/mol. The molecule has 1 N–H and O–H groups in total. The highest BCUT2D eigenvalue weighted by atomic mass is 28.3. The first kappa shape index (κ1) is 28.6. The van der Waals surface area contributed by atoms with Crippen LogP contribution in [0.15, 0.2) is 18.6 Å². The van der Waals surface area contributed by atoms with E-state index in [4.69, 9.17) is 19.4 Å². The lowest BCUT2D eigenvalue weighted by atomic mass is 9.99. The van der Waals surface area contributed by atoms with Gasteiger partial charge in [0.2, 0.25) is 5.95 Å². The predicted octanol–water partition coefficient (Wildman–Crippen LogP) is 5.90. The molecule has 1 saturated heterocycles. The first-order valence-corrected chi connectivity index (χ1v) is 18.3. The third-order valence-electron chi connectivity index (χ3n) is 7.45. The van der Waals surface area contributed by atoms with E-state index in [1.54, 1.807) is 10.9 Å². The number of amides is 1. The van der Waals surface area contributed by atoms with E-state index in [1.165, 1.54) is 18.4 Å². The van der Waals surface area contributed by atoms with E-state index in [9.17, 15) is 4.79 Å². The van der Waals surface area contributed by atoms with Gasteiger partial charge in [0.1, 0.15) is 18.0 Å². The Bertz CT molecular complexity index is 1350. The van der Waals surface area contributed by atoms with Gasteiger partial charge in [-0.1, -0.05) is 19.6 Å². The number of nitrogens with zero attached hydrogens (tertiary/aromatic N) is 6. The molecular weight excluding hydrogens is 522 g/mol. The van der Waals surface area contributed by atoms with E-state index in [0.717, 1.165) is 47.9 Å². The van der Waals surface area contributed by atoms with Gasteiger partial charge in [-0.05, 0) is 69.9 Å². The van der Waals surface area contributed by atoms with Gasteiger partial charge in [-0.25, -0.2) is 9.78 Å². The number of likely N-dealkylation sites (tertiary alicyclic amines) is 1. The maximum Gasteiger partial charge on any atom is 0.410 e. The number of anilines is 2. The third kappa shape index (κ3) is 7.23. The second kappa shape index (κ2) is 11.2. The molecule has 0 unspecified atom stereocenters. The molecule has 10 nitrogen and oxygen atoms in total. The molecule has 3 aromatic rings. The Morgan fingerprint density at radius 2 is 1.93 bits per heavy atom. The number of fused-ring (bicyclic) bond motifs is 1. The van der Waals surface area contributed by atoms with Crippen LogP contribution < -0.4 is 5.32 Å². The van der Waals surface area contributed by atoms with Crippen molar-refractivity contribution in [1.82, 2.24) is 29.2 Å². The number of aromatic nitrogens is 5.